The number of halogens is 1. The van der Waals surface area contributed by atoms with E-state index in [2.05, 4.69) is 5.32 Å². The van der Waals surface area contributed by atoms with E-state index < -0.39 is 14.9 Å². The lowest BCUT2D eigenvalue weighted by Gasteiger charge is -2.12. The first-order valence-electron chi connectivity index (χ1n) is 7.36. The molecule has 2 aromatic carbocycles. The number of Topliss-reactive ketones (excluding diaryl/α,β-unsaturated/α-hetero) is 1. The molecule has 0 saturated carbocycles. The van der Waals surface area contributed by atoms with E-state index >= 15 is 0 Å². The summed E-state index contributed by atoms with van der Waals surface area (Å²) in [4.78, 5) is 22.6. The van der Waals surface area contributed by atoms with Crippen molar-refractivity contribution in [2.45, 2.75) is 4.90 Å². The van der Waals surface area contributed by atoms with Crippen LogP contribution in [-0.4, -0.2) is 44.1 Å². The van der Waals surface area contributed by atoms with E-state index in [-0.39, 0.29) is 33.5 Å². The number of benzene rings is 2. The Balaban J connectivity index is 2.17. The molecular formula is C16H16ClN3O5S. The Morgan fingerprint density at radius 2 is 1.92 bits per heavy atom. The number of nitro groups is 1. The van der Waals surface area contributed by atoms with Gasteiger partial charge in [-0.15, -0.1) is 0 Å². The minimum atomic E-state index is -3.65. The molecular weight excluding hydrogens is 382 g/mol. The summed E-state index contributed by atoms with van der Waals surface area (Å²) in [5.74, 6) is -0.363. The smallest absolute Gasteiger partial charge is 0.289 e. The van der Waals surface area contributed by atoms with Crippen molar-refractivity contribution in [1.29, 1.82) is 0 Å². The van der Waals surface area contributed by atoms with Crippen LogP contribution in [0.2, 0.25) is 5.02 Å². The summed E-state index contributed by atoms with van der Waals surface area (Å²) in [6, 6.07) is 9.78. The Labute approximate surface area is 155 Å². The minimum Gasteiger partial charge on any atom is -0.377 e. The van der Waals surface area contributed by atoms with Crippen molar-refractivity contribution in [1.82, 2.24) is 4.31 Å². The molecule has 0 bridgehead atoms. The number of nitrogens with one attached hydrogen (secondary N) is 1. The van der Waals surface area contributed by atoms with Crippen LogP contribution in [0.3, 0.4) is 0 Å². The van der Waals surface area contributed by atoms with Gasteiger partial charge in [-0.25, -0.2) is 12.7 Å². The average molecular weight is 398 g/mol. The molecule has 0 amide bonds. The Morgan fingerprint density at radius 1 is 1.23 bits per heavy atom. The number of ketones is 1. The maximum Gasteiger partial charge on any atom is 0.289 e. The van der Waals surface area contributed by atoms with Crippen molar-refractivity contribution in [3.8, 4) is 0 Å². The molecule has 0 saturated heterocycles. The highest BCUT2D eigenvalue weighted by molar-refractivity contribution is 7.89. The fourth-order valence-corrected chi connectivity index (χ4v) is 3.22. The van der Waals surface area contributed by atoms with Gasteiger partial charge in [-0.3, -0.25) is 14.9 Å². The third-order valence-corrected chi connectivity index (χ3v) is 5.66. The van der Waals surface area contributed by atoms with Crippen molar-refractivity contribution >= 4 is 38.8 Å². The maximum atomic E-state index is 12.3. The van der Waals surface area contributed by atoms with Gasteiger partial charge >= 0.3 is 0 Å². The topological polar surface area (TPSA) is 110 Å². The zero-order valence-electron chi connectivity index (χ0n) is 14.0. The van der Waals surface area contributed by atoms with E-state index in [0.717, 1.165) is 4.31 Å². The van der Waals surface area contributed by atoms with Crippen LogP contribution in [0.5, 0.6) is 0 Å². The number of sulfonamides is 1. The quantitative estimate of drug-likeness (QED) is 0.437. The zero-order chi connectivity index (χ0) is 19.5. The number of nitrogens with zero attached hydrogens (tertiary/aromatic N) is 2. The third kappa shape index (κ3) is 4.37. The molecule has 2 rings (SSSR count). The molecule has 0 radical (unpaired) electrons. The number of hydrogen-bond donors (Lipinski definition) is 1. The summed E-state index contributed by atoms with van der Waals surface area (Å²) in [7, 11) is -0.846. The normalized spacial score (nSPS) is 11.4. The van der Waals surface area contributed by atoms with Crippen molar-refractivity contribution in [3.05, 3.63) is 63.2 Å². The predicted molar refractivity (Wildman–Crippen MR) is 98.2 cm³/mol. The monoisotopic (exact) mass is 397 g/mol. The average Bonchev–Trinajstić information content (AvgIpc) is 2.60. The van der Waals surface area contributed by atoms with Gasteiger partial charge in [0.15, 0.2) is 5.78 Å². The summed E-state index contributed by atoms with van der Waals surface area (Å²) < 4.78 is 25.3. The summed E-state index contributed by atoms with van der Waals surface area (Å²) >= 11 is 5.74. The zero-order valence-corrected chi connectivity index (χ0v) is 15.5. The number of rotatable bonds is 7. The fourth-order valence-electron chi connectivity index (χ4n) is 2.09. The lowest BCUT2D eigenvalue weighted by Crippen LogP contribution is -2.22. The molecule has 2 aromatic rings. The van der Waals surface area contributed by atoms with Crippen LogP contribution in [-0.2, 0) is 10.0 Å². The Hall–Kier alpha value is -2.49. The Kier molecular flexibility index (Phi) is 5.96. The van der Waals surface area contributed by atoms with E-state index in [4.69, 9.17) is 11.6 Å². The molecule has 0 atom stereocenters. The molecule has 0 unspecified atom stereocenters. The van der Waals surface area contributed by atoms with Gasteiger partial charge < -0.3 is 5.32 Å². The minimum absolute atomic E-state index is 0.00605. The van der Waals surface area contributed by atoms with E-state index in [1.54, 1.807) is 0 Å². The number of carbonyl (C=O) groups is 1. The van der Waals surface area contributed by atoms with E-state index in [1.165, 1.54) is 56.6 Å². The number of hydrogen-bond acceptors (Lipinski definition) is 6. The molecule has 0 aliphatic carbocycles. The second kappa shape index (κ2) is 7.81. The second-order valence-electron chi connectivity index (χ2n) is 5.52. The van der Waals surface area contributed by atoms with Crippen LogP contribution in [0.1, 0.15) is 10.4 Å². The lowest BCUT2D eigenvalue weighted by molar-refractivity contribution is -0.384. The first-order chi connectivity index (χ1) is 12.1. The van der Waals surface area contributed by atoms with Crippen molar-refractivity contribution < 1.29 is 18.1 Å². The molecule has 8 nitrogen and oxygen atoms in total. The van der Waals surface area contributed by atoms with Crippen LogP contribution in [0.4, 0.5) is 11.4 Å². The highest BCUT2D eigenvalue weighted by Crippen LogP contribution is 2.27. The van der Waals surface area contributed by atoms with Crippen LogP contribution in [0, 0.1) is 10.1 Å². The number of carbonyl (C=O) groups excluding carboxylic acids is 1. The molecule has 0 aromatic heterocycles. The third-order valence-electron chi connectivity index (χ3n) is 3.53. The predicted octanol–water partition coefficient (Wildman–Crippen LogP) is 2.79. The second-order valence-corrected chi connectivity index (χ2v) is 8.07. The van der Waals surface area contributed by atoms with Gasteiger partial charge in [0.05, 0.1) is 16.4 Å². The Morgan fingerprint density at radius 3 is 2.54 bits per heavy atom. The standard InChI is InChI=1S/C16H16ClN3O5S/c1-19(2)26(24,25)13-5-3-4-11(8-13)16(21)10-18-12-6-7-14(17)15(9-12)20(22)23/h3-9,18H,10H2,1-2H3. The number of nitro benzene ring substituents is 1. The SMILES string of the molecule is CN(C)S(=O)(=O)c1cccc(C(=O)CNc2ccc(Cl)c([N+](=O)[O-])c2)c1. The van der Waals surface area contributed by atoms with Gasteiger partial charge in [-0.2, -0.15) is 0 Å². The molecule has 0 aliphatic heterocycles. The van der Waals surface area contributed by atoms with Gasteiger partial charge in [0.25, 0.3) is 5.69 Å². The highest BCUT2D eigenvalue weighted by Gasteiger charge is 2.19. The van der Waals surface area contributed by atoms with Gasteiger partial charge in [0.1, 0.15) is 5.02 Å². The summed E-state index contributed by atoms with van der Waals surface area (Å²) in [5.41, 5.74) is 0.290. The molecule has 10 heteroatoms. The van der Waals surface area contributed by atoms with Crippen LogP contribution < -0.4 is 5.32 Å². The molecule has 0 spiro atoms. The fraction of sp³-hybridized carbons (Fsp3) is 0.188. The van der Waals surface area contributed by atoms with E-state index in [1.807, 2.05) is 0 Å². The highest BCUT2D eigenvalue weighted by atomic mass is 35.5. The van der Waals surface area contributed by atoms with E-state index in [9.17, 15) is 23.3 Å². The molecule has 138 valence electrons. The van der Waals surface area contributed by atoms with Crippen molar-refractivity contribution in [2.24, 2.45) is 0 Å². The molecule has 1 N–H and O–H groups in total. The summed E-state index contributed by atoms with van der Waals surface area (Å²) in [5, 5.41) is 13.7. The van der Waals surface area contributed by atoms with Gasteiger partial charge in [0, 0.05) is 31.4 Å². The first kappa shape index (κ1) is 19.8. The van der Waals surface area contributed by atoms with Crippen LogP contribution in [0.15, 0.2) is 47.4 Å². The molecule has 0 heterocycles. The summed E-state index contributed by atoms with van der Waals surface area (Å²) in [6.07, 6.45) is 0. The van der Waals surface area contributed by atoms with Crippen molar-refractivity contribution in [2.75, 3.05) is 26.0 Å². The summed E-state index contributed by atoms with van der Waals surface area (Å²) in [6.45, 7) is -0.162. The van der Waals surface area contributed by atoms with E-state index in [0.29, 0.717) is 5.69 Å². The van der Waals surface area contributed by atoms with Crippen LogP contribution in [0.25, 0.3) is 0 Å². The maximum absolute atomic E-state index is 12.3. The Bertz CT molecular complexity index is 960. The largest absolute Gasteiger partial charge is 0.377 e. The van der Waals surface area contributed by atoms with Gasteiger partial charge in [-0.05, 0) is 24.3 Å². The first-order valence-corrected chi connectivity index (χ1v) is 9.18. The van der Waals surface area contributed by atoms with Crippen molar-refractivity contribution in [3.63, 3.8) is 0 Å². The number of anilines is 1. The molecule has 0 fully saturated rings. The molecule has 26 heavy (non-hydrogen) atoms. The van der Waals surface area contributed by atoms with Gasteiger partial charge in [0.2, 0.25) is 10.0 Å². The lowest BCUT2D eigenvalue weighted by atomic mass is 10.1. The molecule has 0 aliphatic rings. The van der Waals surface area contributed by atoms with Gasteiger partial charge in [-0.1, -0.05) is 23.7 Å². The van der Waals surface area contributed by atoms with Crippen LogP contribution >= 0.6 is 11.6 Å².